The lowest BCUT2D eigenvalue weighted by molar-refractivity contribution is -0.129. The molecular weight excluding hydrogens is 352 g/mol. The van der Waals surface area contributed by atoms with Crippen molar-refractivity contribution in [2.45, 2.75) is 118 Å². The fourth-order valence-corrected chi connectivity index (χ4v) is 9.27. The van der Waals surface area contributed by atoms with Crippen LogP contribution in [0.3, 0.4) is 0 Å². The molecule has 1 N–H and O–H groups in total. The molecule has 0 radical (unpaired) electrons. The Morgan fingerprint density at radius 2 is 1.48 bits per heavy atom. The minimum atomic E-state index is -0.0107. The van der Waals surface area contributed by atoms with Crippen LogP contribution in [0.2, 0.25) is 0 Å². The zero-order chi connectivity index (χ0) is 21.0. The lowest BCUT2D eigenvalue weighted by Crippen LogP contribution is -2.54. The summed E-state index contributed by atoms with van der Waals surface area (Å²) >= 11 is 0. The van der Waals surface area contributed by atoms with Crippen molar-refractivity contribution in [3.63, 3.8) is 0 Å². The van der Waals surface area contributed by atoms with E-state index in [-0.39, 0.29) is 6.10 Å². The number of fused-ring (bicyclic) bond motifs is 5. The summed E-state index contributed by atoms with van der Waals surface area (Å²) in [7, 11) is 0. The number of rotatable bonds is 5. The van der Waals surface area contributed by atoms with Crippen LogP contribution >= 0.6 is 0 Å². The van der Waals surface area contributed by atoms with Crippen molar-refractivity contribution in [1.29, 1.82) is 0 Å². The smallest absolute Gasteiger partial charge is 0.0543 e. The molecule has 4 saturated carbocycles. The highest BCUT2D eigenvalue weighted by Crippen LogP contribution is 2.68. The summed E-state index contributed by atoms with van der Waals surface area (Å²) in [4.78, 5) is 0. The van der Waals surface area contributed by atoms with Gasteiger partial charge < -0.3 is 5.11 Å². The van der Waals surface area contributed by atoms with Gasteiger partial charge in [-0.05, 0) is 116 Å². The van der Waals surface area contributed by atoms with Crippen LogP contribution in [0.1, 0.15) is 112 Å². The maximum absolute atomic E-state index is 10.3. The summed E-state index contributed by atoms with van der Waals surface area (Å²) in [6.07, 6.45) is 15.1. The molecule has 4 unspecified atom stereocenters. The summed E-state index contributed by atoms with van der Waals surface area (Å²) in [5, 5.41) is 10.3. The van der Waals surface area contributed by atoms with E-state index in [1.807, 2.05) is 0 Å². The first-order valence-electron chi connectivity index (χ1n) is 13.3. The first-order chi connectivity index (χ1) is 13.7. The van der Waals surface area contributed by atoms with Crippen molar-refractivity contribution < 1.29 is 5.11 Å². The van der Waals surface area contributed by atoms with Crippen LogP contribution in [-0.4, -0.2) is 11.2 Å². The molecule has 0 aromatic heterocycles. The van der Waals surface area contributed by atoms with Crippen LogP contribution < -0.4 is 0 Å². The fraction of sp³-hybridized carbons (Fsp3) is 1.00. The number of aliphatic hydroxyl groups is 1. The van der Waals surface area contributed by atoms with Crippen LogP contribution in [0.5, 0.6) is 0 Å². The Balaban J connectivity index is 1.46. The van der Waals surface area contributed by atoms with Gasteiger partial charge in [-0.15, -0.1) is 0 Å². The Labute approximate surface area is 181 Å². The van der Waals surface area contributed by atoms with Crippen molar-refractivity contribution in [1.82, 2.24) is 0 Å². The van der Waals surface area contributed by atoms with Gasteiger partial charge >= 0.3 is 0 Å². The van der Waals surface area contributed by atoms with E-state index in [1.54, 1.807) is 0 Å². The van der Waals surface area contributed by atoms with Gasteiger partial charge in [-0.3, -0.25) is 0 Å². The highest BCUT2D eigenvalue weighted by Gasteiger charge is 2.60. The molecule has 10 atom stereocenters. The van der Waals surface area contributed by atoms with Crippen LogP contribution in [0, 0.1) is 58.2 Å². The number of hydrogen-bond acceptors (Lipinski definition) is 1. The second-order valence-corrected chi connectivity index (χ2v) is 13.1. The molecule has 0 aromatic rings. The summed E-state index contributed by atoms with van der Waals surface area (Å²) in [5.74, 6) is 7.28. The molecule has 4 fully saturated rings. The Bertz CT molecular complexity index is 569. The quantitative estimate of drug-likeness (QED) is 0.499. The zero-order valence-electron chi connectivity index (χ0n) is 20.4. The molecule has 4 aliphatic rings. The molecule has 168 valence electrons. The molecule has 0 bridgehead atoms. The van der Waals surface area contributed by atoms with E-state index < -0.39 is 0 Å². The second-order valence-electron chi connectivity index (χ2n) is 13.1. The monoisotopic (exact) mass is 402 g/mol. The van der Waals surface area contributed by atoms with E-state index in [1.165, 1.54) is 57.8 Å². The van der Waals surface area contributed by atoms with Gasteiger partial charge in [-0.1, -0.05) is 54.4 Å². The van der Waals surface area contributed by atoms with E-state index in [0.29, 0.717) is 10.8 Å². The summed E-state index contributed by atoms with van der Waals surface area (Å²) in [5.41, 5.74) is 1.14. The molecule has 0 aromatic carbocycles. The predicted octanol–water partition coefficient (Wildman–Crippen LogP) is 7.71. The van der Waals surface area contributed by atoms with E-state index in [2.05, 4.69) is 41.5 Å². The highest BCUT2D eigenvalue weighted by atomic mass is 16.3. The number of hydrogen-bond donors (Lipinski definition) is 1. The van der Waals surface area contributed by atoms with Crippen molar-refractivity contribution >= 4 is 0 Å². The highest BCUT2D eigenvalue weighted by molar-refractivity contribution is 5.09. The standard InChI is InChI=1S/C28H50O/c1-18(2)19(3)7-8-20(4)24-11-12-25-23-10-9-21-17-22(29)13-15-27(21,5)26(23)14-16-28(24,25)6/h18-26,29H,7-17H2,1-6H3/t19-,20+,21-,22-,23?,24?,25?,26?,27-,28+/m0/s1. The van der Waals surface area contributed by atoms with Crippen molar-refractivity contribution in [3.8, 4) is 0 Å². The minimum absolute atomic E-state index is 0.0107. The summed E-state index contributed by atoms with van der Waals surface area (Å²) in [6.45, 7) is 15.2. The SMILES string of the molecule is CC(C)[C@@H](C)CC[C@@H](C)C1CCC2C3CC[C@H]4C[C@@H](O)CC[C@]4(C)C3CC[C@@]21C. The Kier molecular flexibility index (Phi) is 6.22. The Hall–Kier alpha value is -0.0400. The van der Waals surface area contributed by atoms with Gasteiger partial charge in [0.15, 0.2) is 0 Å². The van der Waals surface area contributed by atoms with Gasteiger partial charge in [0.25, 0.3) is 0 Å². The van der Waals surface area contributed by atoms with Crippen LogP contribution in [0.25, 0.3) is 0 Å². The fourth-order valence-electron chi connectivity index (χ4n) is 9.27. The number of aliphatic hydroxyl groups excluding tert-OH is 1. The molecule has 0 aliphatic heterocycles. The topological polar surface area (TPSA) is 20.2 Å². The first-order valence-corrected chi connectivity index (χ1v) is 13.3. The molecule has 0 saturated heterocycles. The normalized spacial score (nSPS) is 49.2. The lowest BCUT2D eigenvalue weighted by Gasteiger charge is -2.61. The van der Waals surface area contributed by atoms with Crippen LogP contribution in [0.4, 0.5) is 0 Å². The minimum Gasteiger partial charge on any atom is -0.393 e. The third-order valence-electron chi connectivity index (χ3n) is 11.6. The summed E-state index contributed by atoms with van der Waals surface area (Å²) in [6, 6.07) is 0. The Morgan fingerprint density at radius 3 is 2.21 bits per heavy atom. The van der Waals surface area contributed by atoms with Gasteiger partial charge in [0.1, 0.15) is 0 Å². The van der Waals surface area contributed by atoms with Crippen molar-refractivity contribution in [3.05, 3.63) is 0 Å². The third kappa shape index (κ3) is 3.74. The molecule has 0 amide bonds. The van der Waals surface area contributed by atoms with Gasteiger partial charge in [0.05, 0.1) is 6.10 Å². The average molecular weight is 403 g/mol. The van der Waals surface area contributed by atoms with E-state index in [0.717, 1.165) is 60.2 Å². The maximum Gasteiger partial charge on any atom is 0.0543 e. The molecule has 29 heavy (non-hydrogen) atoms. The van der Waals surface area contributed by atoms with Gasteiger partial charge in [-0.2, -0.15) is 0 Å². The van der Waals surface area contributed by atoms with E-state index in [4.69, 9.17) is 0 Å². The maximum atomic E-state index is 10.3. The molecule has 4 rings (SSSR count). The predicted molar refractivity (Wildman–Crippen MR) is 124 cm³/mol. The van der Waals surface area contributed by atoms with E-state index in [9.17, 15) is 5.11 Å². The zero-order valence-corrected chi connectivity index (χ0v) is 20.4. The van der Waals surface area contributed by atoms with Crippen molar-refractivity contribution in [2.24, 2.45) is 58.2 Å². The first kappa shape index (κ1) is 22.2. The molecule has 0 heterocycles. The van der Waals surface area contributed by atoms with Gasteiger partial charge in [-0.25, -0.2) is 0 Å². The lowest BCUT2D eigenvalue weighted by atomic mass is 9.44. The van der Waals surface area contributed by atoms with Gasteiger partial charge in [0, 0.05) is 0 Å². The second kappa shape index (κ2) is 8.14. The average Bonchev–Trinajstić information content (AvgIpc) is 3.03. The molecule has 0 spiro atoms. The molecule has 1 heteroatoms. The largest absolute Gasteiger partial charge is 0.393 e. The Morgan fingerprint density at radius 1 is 0.793 bits per heavy atom. The molecular formula is C28H50O. The van der Waals surface area contributed by atoms with Gasteiger partial charge in [0.2, 0.25) is 0 Å². The van der Waals surface area contributed by atoms with Crippen molar-refractivity contribution in [2.75, 3.05) is 0 Å². The molecule has 1 nitrogen and oxygen atoms in total. The third-order valence-corrected chi connectivity index (χ3v) is 11.6. The molecule has 4 aliphatic carbocycles. The van der Waals surface area contributed by atoms with Crippen LogP contribution in [-0.2, 0) is 0 Å². The summed E-state index contributed by atoms with van der Waals surface area (Å²) < 4.78 is 0. The van der Waals surface area contributed by atoms with E-state index >= 15 is 0 Å². The van der Waals surface area contributed by atoms with Crippen LogP contribution in [0.15, 0.2) is 0 Å².